The van der Waals surface area contributed by atoms with Crippen molar-refractivity contribution in [2.75, 3.05) is 39.6 Å². The molecule has 0 spiro atoms. The summed E-state index contributed by atoms with van der Waals surface area (Å²) in [6.07, 6.45) is 50.8. The third-order valence-electron chi connectivity index (χ3n) is 16.3. The molecule has 0 radical (unpaired) electrons. The van der Waals surface area contributed by atoms with Gasteiger partial charge >= 0.3 is 39.5 Å². The highest BCUT2D eigenvalue weighted by Crippen LogP contribution is 2.45. The van der Waals surface area contributed by atoms with Crippen molar-refractivity contribution >= 4 is 39.5 Å². The molecule has 0 fully saturated rings. The molecule has 0 saturated carbocycles. The van der Waals surface area contributed by atoms with E-state index in [-0.39, 0.29) is 25.7 Å². The van der Waals surface area contributed by atoms with Gasteiger partial charge < -0.3 is 33.8 Å². The van der Waals surface area contributed by atoms with Gasteiger partial charge in [0.15, 0.2) is 12.2 Å². The van der Waals surface area contributed by atoms with Crippen molar-refractivity contribution < 1.29 is 80.2 Å². The smallest absolute Gasteiger partial charge is 0.462 e. The Balaban J connectivity index is 5.29. The molecule has 3 N–H and O–H groups in total. The van der Waals surface area contributed by atoms with Gasteiger partial charge in [0, 0.05) is 25.7 Å². The Morgan fingerprint density at radius 1 is 0.337 bits per heavy atom. The van der Waals surface area contributed by atoms with E-state index in [1.54, 1.807) is 0 Å². The van der Waals surface area contributed by atoms with E-state index in [2.05, 4.69) is 72.8 Å². The molecule has 0 amide bonds. The van der Waals surface area contributed by atoms with Crippen LogP contribution in [-0.2, 0) is 65.4 Å². The Hall–Kier alpha value is -2.46. The van der Waals surface area contributed by atoms with Gasteiger partial charge in [-0.1, -0.05) is 291 Å². The Bertz CT molecular complexity index is 1890. The highest BCUT2D eigenvalue weighted by molar-refractivity contribution is 7.47. The fourth-order valence-electron chi connectivity index (χ4n) is 10.5. The van der Waals surface area contributed by atoms with E-state index in [0.29, 0.717) is 31.6 Å². The standard InChI is InChI=1S/C73H138O17P2/c1-8-9-10-11-12-13-14-15-16-17-20-27-34-42-49-56-72(77)90-69(61-84-71(76)55-48-41-36-29-32-39-46-53-66(6)7)63-88-92(81,82)86-59-67(74)58-85-91(79,80)87-62-68(89-73(78)57-50-43-35-28-23-22-25-31-38-45-52-65(4)5)60-83-70(75)54-47-40-33-26-21-18-19-24-30-37-44-51-64(2)3/h13-16,64-69,74H,8-12,17-63H2,1-7H3,(H,79,80)(H,81,82)/b14-13-,16-15-/t67?,68-,69-/m1/s1. The Morgan fingerprint density at radius 3 is 0.880 bits per heavy atom. The minimum Gasteiger partial charge on any atom is -0.462 e. The average Bonchev–Trinajstić information content (AvgIpc) is 2.17. The van der Waals surface area contributed by atoms with Crippen LogP contribution in [0.3, 0.4) is 0 Å². The highest BCUT2D eigenvalue weighted by atomic mass is 31.2. The molecule has 0 aromatic carbocycles. The number of aliphatic hydroxyl groups is 1. The Morgan fingerprint density at radius 2 is 0.587 bits per heavy atom. The van der Waals surface area contributed by atoms with Crippen LogP contribution in [0.25, 0.3) is 0 Å². The zero-order valence-corrected chi connectivity index (χ0v) is 61.3. The zero-order valence-electron chi connectivity index (χ0n) is 59.5. The van der Waals surface area contributed by atoms with Crippen molar-refractivity contribution in [1.82, 2.24) is 0 Å². The second-order valence-electron chi connectivity index (χ2n) is 27.1. The van der Waals surface area contributed by atoms with Crippen molar-refractivity contribution in [2.24, 2.45) is 17.8 Å². The molecule has 0 rings (SSSR count). The number of carbonyl (C=O) groups excluding carboxylic acids is 4. The molecular formula is C73H138O17P2. The number of unbranched alkanes of at least 4 members (excludes halogenated alkanes) is 34. The van der Waals surface area contributed by atoms with Crippen LogP contribution in [0.5, 0.6) is 0 Å². The summed E-state index contributed by atoms with van der Waals surface area (Å²) < 4.78 is 68.3. The molecule has 0 saturated heterocycles. The number of phosphoric ester groups is 2. The minimum absolute atomic E-state index is 0.0838. The van der Waals surface area contributed by atoms with Gasteiger partial charge in [-0.25, -0.2) is 9.13 Å². The van der Waals surface area contributed by atoms with Gasteiger partial charge in [-0.05, 0) is 69.1 Å². The van der Waals surface area contributed by atoms with Crippen LogP contribution in [0, 0.1) is 17.8 Å². The van der Waals surface area contributed by atoms with Gasteiger partial charge in [0.2, 0.25) is 0 Å². The predicted molar refractivity (Wildman–Crippen MR) is 372 cm³/mol. The average molecular weight is 1350 g/mol. The quantitative estimate of drug-likeness (QED) is 0.0169. The number of rotatable bonds is 69. The van der Waals surface area contributed by atoms with Gasteiger partial charge in [0.25, 0.3) is 0 Å². The maximum atomic E-state index is 13.0. The molecule has 17 nitrogen and oxygen atoms in total. The lowest BCUT2D eigenvalue weighted by atomic mass is 10.0. The van der Waals surface area contributed by atoms with Crippen molar-refractivity contribution in [2.45, 2.75) is 362 Å². The molecule has 0 bridgehead atoms. The molecule has 0 aliphatic heterocycles. The first kappa shape index (κ1) is 89.5. The molecule has 0 heterocycles. The molecule has 5 atom stereocenters. The van der Waals surface area contributed by atoms with Gasteiger partial charge in [0.05, 0.1) is 26.4 Å². The molecular weight excluding hydrogens is 1210 g/mol. The number of ether oxygens (including phenoxy) is 4. The van der Waals surface area contributed by atoms with Crippen LogP contribution in [-0.4, -0.2) is 96.7 Å². The lowest BCUT2D eigenvalue weighted by molar-refractivity contribution is -0.161. The normalized spacial score (nSPS) is 14.3. The predicted octanol–water partition coefficient (Wildman–Crippen LogP) is 20.6. The fraction of sp³-hybridized carbons (Fsp3) is 0.890. The summed E-state index contributed by atoms with van der Waals surface area (Å²) in [4.78, 5) is 72.6. The fourth-order valence-corrected chi connectivity index (χ4v) is 12.1. The summed E-state index contributed by atoms with van der Waals surface area (Å²) in [7, 11) is -9.92. The Labute approximate surface area is 561 Å². The van der Waals surface area contributed by atoms with Gasteiger partial charge in [0.1, 0.15) is 19.3 Å². The highest BCUT2D eigenvalue weighted by Gasteiger charge is 2.30. The molecule has 3 unspecified atom stereocenters. The molecule has 0 aromatic heterocycles. The van der Waals surface area contributed by atoms with Crippen LogP contribution in [0.2, 0.25) is 0 Å². The number of hydrogen-bond acceptors (Lipinski definition) is 15. The van der Waals surface area contributed by atoms with E-state index in [1.807, 2.05) is 0 Å². The number of esters is 4. The number of carbonyl (C=O) groups is 4. The van der Waals surface area contributed by atoms with Gasteiger partial charge in [-0.2, -0.15) is 0 Å². The molecule has 0 aliphatic carbocycles. The summed E-state index contributed by atoms with van der Waals surface area (Å²) in [6.45, 7) is 11.7. The zero-order chi connectivity index (χ0) is 68.0. The van der Waals surface area contributed by atoms with Crippen LogP contribution in [0.4, 0.5) is 0 Å². The lowest BCUT2D eigenvalue weighted by Crippen LogP contribution is -2.30. The Kier molecular flexibility index (Phi) is 61.6. The van der Waals surface area contributed by atoms with Gasteiger partial charge in [-0.15, -0.1) is 0 Å². The number of aliphatic hydroxyl groups excluding tert-OH is 1. The van der Waals surface area contributed by atoms with Crippen molar-refractivity contribution in [3.05, 3.63) is 24.3 Å². The molecule has 92 heavy (non-hydrogen) atoms. The second-order valence-corrected chi connectivity index (χ2v) is 30.0. The van der Waals surface area contributed by atoms with Gasteiger partial charge in [-0.3, -0.25) is 37.3 Å². The van der Waals surface area contributed by atoms with Crippen molar-refractivity contribution in [3.8, 4) is 0 Å². The molecule has 542 valence electrons. The van der Waals surface area contributed by atoms with E-state index in [4.69, 9.17) is 37.0 Å². The van der Waals surface area contributed by atoms with E-state index in [9.17, 15) is 43.2 Å². The first-order chi connectivity index (χ1) is 44.2. The molecule has 19 heteroatoms. The monoisotopic (exact) mass is 1350 g/mol. The third kappa shape index (κ3) is 66.2. The summed E-state index contributed by atoms with van der Waals surface area (Å²) >= 11 is 0. The minimum atomic E-state index is -4.96. The summed E-state index contributed by atoms with van der Waals surface area (Å²) in [6, 6.07) is 0. The summed E-state index contributed by atoms with van der Waals surface area (Å²) in [5, 5.41) is 10.6. The number of phosphoric acid groups is 2. The first-order valence-electron chi connectivity index (χ1n) is 37.2. The second kappa shape index (κ2) is 63.3. The van der Waals surface area contributed by atoms with Crippen LogP contribution >= 0.6 is 15.6 Å². The number of hydrogen-bond donors (Lipinski definition) is 3. The molecule has 0 aromatic rings. The topological polar surface area (TPSA) is 237 Å². The largest absolute Gasteiger partial charge is 0.472 e. The number of allylic oxidation sites excluding steroid dienone is 4. The van der Waals surface area contributed by atoms with E-state index in [1.165, 1.54) is 135 Å². The maximum Gasteiger partial charge on any atom is 0.472 e. The summed E-state index contributed by atoms with van der Waals surface area (Å²) in [5.74, 6) is 0.0681. The lowest BCUT2D eigenvalue weighted by Gasteiger charge is -2.21. The first-order valence-corrected chi connectivity index (χ1v) is 40.2. The maximum absolute atomic E-state index is 13.0. The molecule has 0 aliphatic rings. The van der Waals surface area contributed by atoms with Crippen molar-refractivity contribution in [3.63, 3.8) is 0 Å². The van der Waals surface area contributed by atoms with Crippen molar-refractivity contribution in [1.29, 1.82) is 0 Å². The van der Waals surface area contributed by atoms with E-state index in [0.717, 1.165) is 121 Å². The third-order valence-corrected chi connectivity index (χ3v) is 18.2. The summed E-state index contributed by atoms with van der Waals surface area (Å²) in [5.41, 5.74) is 0. The van der Waals surface area contributed by atoms with E-state index >= 15 is 0 Å². The van der Waals surface area contributed by atoms with Crippen LogP contribution < -0.4 is 0 Å². The SMILES string of the molecule is CCCCCC/C=C\C=C/CCCCCCCC(=O)O[C@H](COC(=O)CCCCCCCCCC(C)C)COP(=O)(O)OCC(O)COP(=O)(O)OC[C@@H](COC(=O)CCCCCCCCCCCCCC(C)C)OC(=O)CCCCCCCCCCCCC(C)C. The van der Waals surface area contributed by atoms with E-state index < -0.39 is 97.5 Å². The van der Waals surface area contributed by atoms with Crippen LogP contribution in [0.15, 0.2) is 24.3 Å². The van der Waals surface area contributed by atoms with Crippen LogP contribution in [0.1, 0.15) is 344 Å².